The molecule has 0 amide bonds. The number of hydrogen-bond donors (Lipinski definition) is 1. The van der Waals surface area contributed by atoms with Crippen molar-refractivity contribution in [3.63, 3.8) is 0 Å². The highest BCUT2D eigenvalue weighted by atomic mass is 79.9. The monoisotopic (exact) mass is 314 g/mol. The fourth-order valence-electron chi connectivity index (χ4n) is 2.68. The van der Waals surface area contributed by atoms with Crippen LogP contribution in [0.15, 0.2) is 22.7 Å². The molecule has 0 saturated carbocycles. The van der Waals surface area contributed by atoms with E-state index in [-0.39, 0.29) is 11.9 Å². The second kappa shape index (κ2) is 6.13. The number of halogens is 2. The molecule has 0 aromatic heterocycles. The van der Waals surface area contributed by atoms with Gasteiger partial charge >= 0.3 is 0 Å². The molecule has 1 aliphatic heterocycles. The fourth-order valence-corrected chi connectivity index (χ4v) is 3.01. The van der Waals surface area contributed by atoms with Crippen LogP contribution in [0.5, 0.6) is 0 Å². The molecule has 1 aromatic carbocycles. The second-order valence-corrected chi connectivity index (χ2v) is 6.00. The van der Waals surface area contributed by atoms with Crippen LogP contribution in [-0.4, -0.2) is 24.5 Å². The number of rotatable bonds is 3. The van der Waals surface area contributed by atoms with Crippen LogP contribution in [0.2, 0.25) is 0 Å². The number of piperidine rings is 1. The van der Waals surface area contributed by atoms with Gasteiger partial charge in [0.2, 0.25) is 0 Å². The minimum atomic E-state index is -0.133. The van der Waals surface area contributed by atoms with Crippen LogP contribution in [0.3, 0.4) is 0 Å². The summed E-state index contributed by atoms with van der Waals surface area (Å²) < 4.78 is 14.7. The molecule has 2 rings (SSSR count). The van der Waals surface area contributed by atoms with Crippen LogP contribution in [0.25, 0.3) is 0 Å². The van der Waals surface area contributed by atoms with E-state index >= 15 is 0 Å². The third-order valence-corrected chi connectivity index (χ3v) is 4.34. The van der Waals surface area contributed by atoms with Crippen molar-refractivity contribution >= 4 is 15.9 Å². The first-order valence-corrected chi connectivity index (χ1v) is 7.30. The third kappa shape index (κ3) is 3.11. The Labute approximate surface area is 116 Å². The molecule has 2 atom stereocenters. The maximum absolute atomic E-state index is 14.0. The zero-order valence-electron chi connectivity index (χ0n) is 10.7. The van der Waals surface area contributed by atoms with E-state index in [0.717, 1.165) is 36.1 Å². The van der Waals surface area contributed by atoms with Gasteiger partial charge in [0.15, 0.2) is 0 Å². The van der Waals surface area contributed by atoms with E-state index < -0.39 is 0 Å². The standard InChI is InChI=1S/C14H20BrFN2/c1-10(13-5-4-12(15)7-14(13)16)18-6-2-3-11(8-17)9-18/h4-5,7,10-11H,2-3,6,8-9,17H2,1H3. The van der Waals surface area contributed by atoms with E-state index in [4.69, 9.17) is 5.73 Å². The molecule has 1 fully saturated rings. The Bertz CT molecular complexity index is 411. The van der Waals surface area contributed by atoms with E-state index in [9.17, 15) is 4.39 Å². The predicted molar refractivity (Wildman–Crippen MR) is 75.9 cm³/mol. The van der Waals surface area contributed by atoms with Gasteiger partial charge in [0.25, 0.3) is 0 Å². The van der Waals surface area contributed by atoms with Crippen LogP contribution in [0.1, 0.15) is 31.4 Å². The van der Waals surface area contributed by atoms with Crippen molar-refractivity contribution in [3.8, 4) is 0 Å². The molecule has 1 aromatic rings. The van der Waals surface area contributed by atoms with Crippen molar-refractivity contribution in [2.45, 2.75) is 25.8 Å². The Morgan fingerprint density at radius 2 is 2.33 bits per heavy atom. The van der Waals surface area contributed by atoms with Crippen molar-refractivity contribution in [2.75, 3.05) is 19.6 Å². The number of hydrogen-bond acceptors (Lipinski definition) is 2. The van der Waals surface area contributed by atoms with E-state index in [1.165, 1.54) is 12.5 Å². The first-order valence-electron chi connectivity index (χ1n) is 6.51. The summed E-state index contributed by atoms with van der Waals surface area (Å²) in [5.41, 5.74) is 6.52. The molecule has 2 unspecified atom stereocenters. The van der Waals surface area contributed by atoms with Gasteiger partial charge in [-0.05, 0) is 50.9 Å². The summed E-state index contributed by atoms with van der Waals surface area (Å²) in [4.78, 5) is 2.34. The highest BCUT2D eigenvalue weighted by Crippen LogP contribution is 2.29. The summed E-state index contributed by atoms with van der Waals surface area (Å²) >= 11 is 3.29. The Kier molecular flexibility index (Phi) is 4.76. The fraction of sp³-hybridized carbons (Fsp3) is 0.571. The number of benzene rings is 1. The zero-order chi connectivity index (χ0) is 13.1. The summed E-state index contributed by atoms with van der Waals surface area (Å²) in [7, 11) is 0. The number of likely N-dealkylation sites (tertiary alicyclic amines) is 1. The Morgan fingerprint density at radius 3 is 3.00 bits per heavy atom. The average molecular weight is 315 g/mol. The minimum absolute atomic E-state index is 0.118. The third-order valence-electron chi connectivity index (χ3n) is 3.84. The van der Waals surface area contributed by atoms with Crippen LogP contribution in [0, 0.1) is 11.7 Å². The van der Waals surface area contributed by atoms with E-state index in [1.54, 1.807) is 0 Å². The highest BCUT2D eigenvalue weighted by Gasteiger charge is 2.25. The lowest BCUT2D eigenvalue weighted by molar-refractivity contribution is 0.132. The van der Waals surface area contributed by atoms with Crippen molar-refractivity contribution in [3.05, 3.63) is 34.1 Å². The van der Waals surface area contributed by atoms with Gasteiger partial charge in [-0.15, -0.1) is 0 Å². The zero-order valence-corrected chi connectivity index (χ0v) is 12.3. The van der Waals surface area contributed by atoms with Gasteiger partial charge in [-0.2, -0.15) is 0 Å². The SMILES string of the molecule is CC(c1ccc(Br)cc1F)N1CCCC(CN)C1. The van der Waals surface area contributed by atoms with E-state index in [2.05, 4.69) is 27.8 Å². The van der Waals surface area contributed by atoms with Gasteiger partial charge in [0, 0.05) is 22.6 Å². The van der Waals surface area contributed by atoms with E-state index in [1.807, 2.05) is 12.1 Å². The van der Waals surface area contributed by atoms with E-state index in [0.29, 0.717) is 5.92 Å². The Hall–Kier alpha value is -0.450. The maximum atomic E-state index is 14.0. The molecule has 1 heterocycles. The molecule has 0 spiro atoms. The van der Waals surface area contributed by atoms with Crippen LogP contribution >= 0.6 is 15.9 Å². The lowest BCUT2D eigenvalue weighted by atomic mass is 9.95. The molecule has 4 heteroatoms. The maximum Gasteiger partial charge on any atom is 0.129 e. The van der Waals surface area contributed by atoms with Crippen LogP contribution in [0.4, 0.5) is 4.39 Å². The molecule has 1 saturated heterocycles. The number of nitrogens with two attached hydrogens (primary N) is 1. The lowest BCUT2D eigenvalue weighted by Crippen LogP contribution is -2.39. The first kappa shape index (κ1) is 14.0. The predicted octanol–water partition coefficient (Wildman–Crippen LogP) is 3.32. The number of nitrogens with zero attached hydrogens (tertiary/aromatic N) is 1. The smallest absolute Gasteiger partial charge is 0.129 e. The summed E-state index contributed by atoms with van der Waals surface area (Å²) in [6.45, 7) is 4.82. The van der Waals surface area contributed by atoms with Crippen molar-refractivity contribution < 1.29 is 4.39 Å². The molecule has 1 aliphatic rings. The Balaban J connectivity index is 2.12. The van der Waals surface area contributed by atoms with Gasteiger partial charge in [0.1, 0.15) is 5.82 Å². The molecular formula is C14H20BrFN2. The largest absolute Gasteiger partial charge is 0.330 e. The van der Waals surface area contributed by atoms with Crippen LogP contribution < -0.4 is 5.73 Å². The Morgan fingerprint density at radius 1 is 1.56 bits per heavy atom. The minimum Gasteiger partial charge on any atom is -0.330 e. The van der Waals surface area contributed by atoms with Crippen molar-refractivity contribution in [1.82, 2.24) is 4.90 Å². The quantitative estimate of drug-likeness (QED) is 0.927. The van der Waals surface area contributed by atoms with Crippen molar-refractivity contribution in [2.24, 2.45) is 11.7 Å². The topological polar surface area (TPSA) is 29.3 Å². The first-order chi connectivity index (χ1) is 8.61. The summed E-state index contributed by atoms with van der Waals surface area (Å²) in [5.74, 6) is 0.423. The molecule has 2 nitrogen and oxygen atoms in total. The average Bonchev–Trinajstić information content (AvgIpc) is 2.38. The second-order valence-electron chi connectivity index (χ2n) is 5.08. The van der Waals surface area contributed by atoms with Gasteiger partial charge in [-0.25, -0.2) is 4.39 Å². The van der Waals surface area contributed by atoms with Crippen LogP contribution in [-0.2, 0) is 0 Å². The summed E-state index contributed by atoms with van der Waals surface area (Å²) in [6.07, 6.45) is 2.35. The highest BCUT2D eigenvalue weighted by molar-refractivity contribution is 9.10. The van der Waals surface area contributed by atoms with Crippen molar-refractivity contribution in [1.29, 1.82) is 0 Å². The molecule has 18 heavy (non-hydrogen) atoms. The molecular weight excluding hydrogens is 295 g/mol. The molecule has 0 aliphatic carbocycles. The van der Waals surface area contributed by atoms with Gasteiger partial charge < -0.3 is 5.73 Å². The molecule has 0 bridgehead atoms. The molecule has 0 radical (unpaired) electrons. The molecule has 2 N–H and O–H groups in total. The van der Waals surface area contributed by atoms with Gasteiger partial charge in [-0.1, -0.05) is 22.0 Å². The summed E-state index contributed by atoms with van der Waals surface area (Å²) in [6, 6.07) is 5.43. The molecule has 100 valence electrons. The van der Waals surface area contributed by atoms with Gasteiger partial charge in [-0.3, -0.25) is 4.90 Å². The van der Waals surface area contributed by atoms with Gasteiger partial charge in [0.05, 0.1) is 0 Å². The normalized spacial score (nSPS) is 23.0. The summed E-state index contributed by atoms with van der Waals surface area (Å²) in [5, 5.41) is 0. The lowest BCUT2D eigenvalue weighted by Gasteiger charge is -2.36.